The summed E-state index contributed by atoms with van der Waals surface area (Å²) in [6.07, 6.45) is 5.59. The third-order valence-electron chi connectivity index (χ3n) is 5.74. The summed E-state index contributed by atoms with van der Waals surface area (Å²) < 4.78 is 7.23. The van der Waals surface area contributed by atoms with Gasteiger partial charge >= 0.3 is 5.97 Å². The molecular formula is C22H30N4O3S. The molecule has 1 aromatic carbocycles. The molecule has 1 fully saturated rings. The van der Waals surface area contributed by atoms with Crippen molar-refractivity contribution in [2.75, 3.05) is 25.4 Å². The van der Waals surface area contributed by atoms with E-state index < -0.39 is 5.41 Å². The number of likely N-dealkylation sites (tertiary alicyclic amines) is 1. The van der Waals surface area contributed by atoms with Crippen LogP contribution in [-0.2, 0) is 27.8 Å². The Morgan fingerprint density at radius 2 is 1.93 bits per heavy atom. The second-order valence-electron chi connectivity index (χ2n) is 7.73. The largest absolute Gasteiger partial charge is 0.466 e. The van der Waals surface area contributed by atoms with Crippen molar-refractivity contribution < 1.29 is 14.3 Å². The summed E-state index contributed by atoms with van der Waals surface area (Å²) in [4.78, 5) is 27.3. The molecule has 0 saturated carbocycles. The number of aryl methyl sites for hydroxylation is 2. The number of piperidine rings is 1. The number of carbonyl (C=O) groups is 2. The van der Waals surface area contributed by atoms with E-state index in [4.69, 9.17) is 4.74 Å². The molecule has 0 spiro atoms. The van der Waals surface area contributed by atoms with Crippen molar-refractivity contribution in [1.29, 1.82) is 0 Å². The van der Waals surface area contributed by atoms with Crippen LogP contribution in [0, 0.1) is 5.41 Å². The van der Waals surface area contributed by atoms with Crippen molar-refractivity contribution in [3.05, 3.63) is 42.2 Å². The standard InChI is InChI=1S/C22H30N4O3S/c1-3-29-20(28)22(11-7-10-18-8-5-4-6-9-18)12-14-26(15-13-22)19(27)16-30-21-24-23-17-25(21)2/h4-6,8-9,17H,3,7,10-16H2,1-2H3. The Balaban J connectivity index is 1.54. The Hall–Kier alpha value is -2.35. The predicted octanol–water partition coefficient (Wildman–Crippen LogP) is 3.10. The van der Waals surface area contributed by atoms with Crippen LogP contribution in [0.2, 0.25) is 0 Å². The maximum absolute atomic E-state index is 12.8. The van der Waals surface area contributed by atoms with Crippen molar-refractivity contribution in [2.45, 2.75) is 44.2 Å². The number of nitrogens with zero attached hydrogens (tertiary/aromatic N) is 4. The Bertz CT molecular complexity index is 832. The Morgan fingerprint density at radius 1 is 1.20 bits per heavy atom. The molecule has 0 aliphatic carbocycles. The molecule has 0 atom stereocenters. The van der Waals surface area contributed by atoms with Crippen LogP contribution in [0.1, 0.15) is 38.2 Å². The second-order valence-corrected chi connectivity index (χ2v) is 8.68. The van der Waals surface area contributed by atoms with E-state index in [1.807, 2.05) is 37.1 Å². The van der Waals surface area contributed by atoms with Gasteiger partial charge in [0.2, 0.25) is 5.91 Å². The zero-order chi connectivity index (χ0) is 21.4. The van der Waals surface area contributed by atoms with Gasteiger partial charge in [0.05, 0.1) is 17.8 Å². The van der Waals surface area contributed by atoms with E-state index >= 15 is 0 Å². The highest BCUT2D eigenvalue weighted by Crippen LogP contribution is 2.38. The number of ether oxygens (including phenoxy) is 1. The van der Waals surface area contributed by atoms with Crippen molar-refractivity contribution in [1.82, 2.24) is 19.7 Å². The molecule has 1 aliphatic rings. The number of benzene rings is 1. The van der Waals surface area contributed by atoms with Gasteiger partial charge in [-0.15, -0.1) is 10.2 Å². The Kier molecular flexibility index (Phi) is 7.90. The highest BCUT2D eigenvalue weighted by Gasteiger charge is 2.42. The Morgan fingerprint density at radius 3 is 2.57 bits per heavy atom. The van der Waals surface area contributed by atoms with Gasteiger partial charge in [0.15, 0.2) is 5.16 Å². The van der Waals surface area contributed by atoms with E-state index in [9.17, 15) is 9.59 Å². The molecular weight excluding hydrogens is 400 g/mol. The van der Waals surface area contributed by atoms with Crippen LogP contribution < -0.4 is 0 Å². The molecule has 1 aliphatic heterocycles. The number of hydrogen-bond acceptors (Lipinski definition) is 6. The molecule has 0 N–H and O–H groups in total. The lowest BCUT2D eigenvalue weighted by Gasteiger charge is -2.40. The first kappa shape index (κ1) is 22.3. The third kappa shape index (κ3) is 5.62. The fourth-order valence-corrected chi connectivity index (χ4v) is 4.71. The van der Waals surface area contributed by atoms with Gasteiger partial charge in [0.1, 0.15) is 6.33 Å². The van der Waals surface area contributed by atoms with Gasteiger partial charge in [-0.1, -0.05) is 42.1 Å². The van der Waals surface area contributed by atoms with Crippen LogP contribution in [0.25, 0.3) is 0 Å². The predicted molar refractivity (Wildman–Crippen MR) is 116 cm³/mol. The van der Waals surface area contributed by atoms with Crippen LogP contribution >= 0.6 is 11.8 Å². The van der Waals surface area contributed by atoms with Crippen molar-refractivity contribution in [3.8, 4) is 0 Å². The molecule has 162 valence electrons. The minimum absolute atomic E-state index is 0.0738. The van der Waals surface area contributed by atoms with E-state index in [-0.39, 0.29) is 11.9 Å². The van der Waals surface area contributed by atoms with Crippen LogP contribution in [0.5, 0.6) is 0 Å². The lowest BCUT2D eigenvalue weighted by atomic mass is 9.74. The molecule has 0 radical (unpaired) electrons. The smallest absolute Gasteiger partial charge is 0.312 e. The van der Waals surface area contributed by atoms with E-state index in [1.165, 1.54) is 17.3 Å². The fourth-order valence-electron chi connectivity index (χ4n) is 3.92. The molecule has 1 aromatic heterocycles. The minimum atomic E-state index is -0.488. The lowest BCUT2D eigenvalue weighted by Crippen LogP contribution is -2.47. The molecule has 8 heteroatoms. The van der Waals surface area contributed by atoms with E-state index in [0.717, 1.165) is 24.4 Å². The topological polar surface area (TPSA) is 77.3 Å². The van der Waals surface area contributed by atoms with Gasteiger partial charge in [-0.2, -0.15) is 0 Å². The van der Waals surface area contributed by atoms with Gasteiger partial charge in [0, 0.05) is 20.1 Å². The van der Waals surface area contributed by atoms with Crippen molar-refractivity contribution in [3.63, 3.8) is 0 Å². The number of aromatic nitrogens is 3. The normalized spacial score (nSPS) is 15.7. The van der Waals surface area contributed by atoms with E-state index in [2.05, 4.69) is 22.3 Å². The average Bonchev–Trinajstić information content (AvgIpc) is 3.18. The second kappa shape index (κ2) is 10.6. The summed E-state index contributed by atoms with van der Waals surface area (Å²) in [5.41, 5.74) is 0.795. The van der Waals surface area contributed by atoms with E-state index in [1.54, 1.807) is 10.9 Å². The molecule has 3 rings (SSSR count). The van der Waals surface area contributed by atoms with Gasteiger partial charge in [-0.05, 0) is 44.6 Å². The first-order valence-electron chi connectivity index (χ1n) is 10.5. The first-order valence-corrected chi connectivity index (χ1v) is 11.5. The lowest BCUT2D eigenvalue weighted by molar-refractivity contribution is -0.160. The third-order valence-corrected chi connectivity index (χ3v) is 6.76. The summed E-state index contributed by atoms with van der Waals surface area (Å²) in [5, 5.41) is 8.56. The molecule has 30 heavy (non-hydrogen) atoms. The van der Waals surface area contributed by atoms with Crippen molar-refractivity contribution >= 4 is 23.6 Å². The zero-order valence-corrected chi connectivity index (χ0v) is 18.6. The van der Waals surface area contributed by atoms with E-state index in [0.29, 0.717) is 38.3 Å². The molecule has 0 bridgehead atoms. The highest BCUT2D eigenvalue weighted by molar-refractivity contribution is 7.99. The van der Waals surface area contributed by atoms with Crippen LogP contribution in [0.4, 0.5) is 0 Å². The molecule has 1 amide bonds. The molecule has 0 unspecified atom stereocenters. The molecule has 1 saturated heterocycles. The monoisotopic (exact) mass is 430 g/mol. The van der Waals surface area contributed by atoms with Crippen LogP contribution in [0.15, 0.2) is 41.8 Å². The average molecular weight is 431 g/mol. The number of esters is 1. The quantitative estimate of drug-likeness (QED) is 0.449. The van der Waals surface area contributed by atoms with Crippen LogP contribution in [-0.4, -0.2) is 57.0 Å². The number of amides is 1. The zero-order valence-electron chi connectivity index (χ0n) is 17.7. The highest BCUT2D eigenvalue weighted by atomic mass is 32.2. The maximum Gasteiger partial charge on any atom is 0.312 e. The van der Waals surface area contributed by atoms with Gasteiger partial charge in [-0.25, -0.2) is 0 Å². The van der Waals surface area contributed by atoms with Crippen molar-refractivity contribution in [2.24, 2.45) is 12.5 Å². The first-order chi connectivity index (χ1) is 14.5. The number of hydrogen-bond donors (Lipinski definition) is 0. The molecule has 2 aromatic rings. The maximum atomic E-state index is 12.8. The van der Waals surface area contributed by atoms with Gasteiger partial charge in [-0.3, -0.25) is 9.59 Å². The summed E-state index contributed by atoms with van der Waals surface area (Å²) in [6.45, 7) is 3.40. The summed E-state index contributed by atoms with van der Waals surface area (Å²) in [6, 6.07) is 10.3. The van der Waals surface area contributed by atoms with Crippen LogP contribution in [0.3, 0.4) is 0 Å². The molecule has 7 nitrogen and oxygen atoms in total. The fraction of sp³-hybridized carbons (Fsp3) is 0.545. The summed E-state index contributed by atoms with van der Waals surface area (Å²) >= 11 is 1.39. The Labute approximate surface area is 182 Å². The number of rotatable bonds is 9. The van der Waals surface area contributed by atoms with Gasteiger partial charge in [0.25, 0.3) is 0 Å². The number of carbonyl (C=O) groups excluding carboxylic acids is 2. The summed E-state index contributed by atoms with van der Waals surface area (Å²) in [7, 11) is 1.86. The minimum Gasteiger partial charge on any atom is -0.466 e. The number of thioether (sulfide) groups is 1. The van der Waals surface area contributed by atoms with Gasteiger partial charge < -0.3 is 14.2 Å². The SMILES string of the molecule is CCOC(=O)C1(CCCc2ccccc2)CCN(C(=O)CSc2nncn2C)CC1. The molecule has 2 heterocycles. The summed E-state index contributed by atoms with van der Waals surface area (Å²) in [5.74, 6) is 0.288.